The SMILES string of the molecule is NC1=C(OCCO)C(=O)C(OCCO)=CC1=Nc1c(N)n2n(c1=O)CCC2. The fourth-order valence-electron chi connectivity index (χ4n) is 2.92. The van der Waals surface area contributed by atoms with Gasteiger partial charge in [-0.3, -0.25) is 14.3 Å². The lowest BCUT2D eigenvalue weighted by molar-refractivity contribution is -0.119. The summed E-state index contributed by atoms with van der Waals surface area (Å²) in [6.45, 7) is 0.249. The minimum atomic E-state index is -0.641. The average Bonchev–Trinajstić information content (AvgIpc) is 3.22. The van der Waals surface area contributed by atoms with E-state index in [1.165, 1.54) is 10.8 Å². The molecule has 27 heavy (non-hydrogen) atoms. The fourth-order valence-corrected chi connectivity index (χ4v) is 2.92. The molecule has 1 aliphatic heterocycles. The van der Waals surface area contributed by atoms with Crippen molar-refractivity contribution in [3.8, 4) is 0 Å². The molecular weight excluding hydrogens is 358 g/mol. The molecule has 0 radical (unpaired) electrons. The van der Waals surface area contributed by atoms with E-state index in [1.807, 2.05) is 0 Å². The quantitative estimate of drug-likeness (QED) is 0.409. The van der Waals surface area contributed by atoms with Crippen LogP contribution in [-0.4, -0.2) is 57.5 Å². The second-order valence-electron chi connectivity index (χ2n) is 5.86. The van der Waals surface area contributed by atoms with Gasteiger partial charge in [0.1, 0.15) is 18.9 Å². The number of nitrogen functional groups attached to an aromatic ring is 1. The highest BCUT2D eigenvalue weighted by molar-refractivity contribution is 6.23. The number of anilines is 1. The molecule has 6 N–H and O–H groups in total. The average molecular weight is 379 g/mol. The summed E-state index contributed by atoms with van der Waals surface area (Å²) in [5.74, 6) is -0.824. The van der Waals surface area contributed by atoms with Gasteiger partial charge in [-0.15, -0.1) is 0 Å². The largest absolute Gasteiger partial charge is 0.487 e. The lowest BCUT2D eigenvalue weighted by atomic mass is 10.1. The molecule has 0 fully saturated rings. The van der Waals surface area contributed by atoms with Gasteiger partial charge in [0.15, 0.2) is 23.0 Å². The van der Waals surface area contributed by atoms with Gasteiger partial charge in [0.25, 0.3) is 11.3 Å². The number of rotatable bonds is 7. The highest BCUT2D eigenvalue weighted by Crippen LogP contribution is 2.26. The molecule has 0 aromatic carbocycles. The Morgan fingerprint density at radius 3 is 2.41 bits per heavy atom. The van der Waals surface area contributed by atoms with Crippen LogP contribution in [0.25, 0.3) is 0 Å². The number of aromatic nitrogens is 2. The summed E-state index contributed by atoms with van der Waals surface area (Å²) in [4.78, 5) is 29.2. The standard InChI is InChI=1S/C16H21N5O6/c17-11-9(19-12-15(18)20-2-1-3-21(20)16(12)25)8-10(26-6-4-22)13(24)14(11)27-7-5-23/h8,22-23H,1-7,17-18H2. The third-order valence-corrected chi connectivity index (χ3v) is 4.13. The first kappa shape index (κ1) is 18.7. The molecule has 3 rings (SSSR count). The molecule has 0 bridgehead atoms. The zero-order chi connectivity index (χ0) is 19.6. The van der Waals surface area contributed by atoms with E-state index in [0.717, 1.165) is 6.42 Å². The van der Waals surface area contributed by atoms with Gasteiger partial charge in [0, 0.05) is 19.2 Å². The number of nitrogens with two attached hydrogens (primary N) is 2. The van der Waals surface area contributed by atoms with Crippen molar-refractivity contribution in [3.63, 3.8) is 0 Å². The van der Waals surface area contributed by atoms with E-state index in [0.29, 0.717) is 13.1 Å². The van der Waals surface area contributed by atoms with Gasteiger partial charge >= 0.3 is 0 Å². The number of ketones is 1. The molecular formula is C16H21N5O6. The molecule has 1 aromatic rings. The molecule has 1 aliphatic carbocycles. The number of Topliss-reactive ketones (excluding diaryl/α,β-unsaturated/α-hetero) is 1. The summed E-state index contributed by atoms with van der Waals surface area (Å²) in [5.41, 5.74) is 11.7. The Hall–Kier alpha value is -3.05. The first-order valence-electron chi connectivity index (χ1n) is 8.41. The fraction of sp³-hybridized carbons (Fsp3) is 0.438. The van der Waals surface area contributed by atoms with Crippen molar-refractivity contribution < 1.29 is 24.5 Å². The number of aliphatic hydroxyl groups excluding tert-OH is 2. The van der Waals surface area contributed by atoms with Crippen molar-refractivity contribution in [3.05, 3.63) is 33.6 Å². The predicted molar refractivity (Wildman–Crippen MR) is 95.2 cm³/mol. The smallest absolute Gasteiger partial charge is 0.294 e. The summed E-state index contributed by atoms with van der Waals surface area (Å²) in [5, 5.41) is 17.9. The first-order chi connectivity index (χ1) is 13.0. The summed E-state index contributed by atoms with van der Waals surface area (Å²) in [6, 6.07) is 0. The van der Waals surface area contributed by atoms with Crippen LogP contribution in [0, 0.1) is 0 Å². The van der Waals surface area contributed by atoms with Crippen molar-refractivity contribution >= 4 is 23.0 Å². The van der Waals surface area contributed by atoms with Crippen molar-refractivity contribution in [1.29, 1.82) is 0 Å². The van der Waals surface area contributed by atoms with Gasteiger partial charge in [-0.25, -0.2) is 9.67 Å². The number of hydrogen-bond acceptors (Lipinski definition) is 9. The van der Waals surface area contributed by atoms with E-state index in [1.54, 1.807) is 4.68 Å². The third kappa shape index (κ3) is 3.34. The van der Waals surface area contributed by atoms with Gasteiger partial charge in [-0.1, -0.05) is 0 Å². The van der Waals surface area contributed by atoms with Crippen LogP contribution in [0.2, 0.25) is 0 Å². The van der Waals surface area contributed by atoms with Crippen molar-refractivity contribution in [1.82, 2.24) is 9.36 Å². The van der Waals surface area contributed by atoms with E-state index in [2.05, 4.69) is 4.99 Å². The van der Waals surface area contributed by atoms with Crippen molar-refractivity contribution in [2.75, 3.05) is 32.2 Å². The van der Waals surface area contributed by atoms with Crippen LogP contribution in [0.1, 0.15) is 6.42 Å². The predicted octanol–water partition coefficient (Wildman–Crippen LogP) is -1.64. The number of nitrogens with zero attached hydrogens (tertiary/aromatic N) is 3. The number of aliphatic imine (C=N–C) groups is 1. The Bertz CT molecular complexity index is 907. The topological polar surface area (TPSA) is 167 Å². The second-order valence-corrected chi connectivity index (χ2v) is 5.86. The number of ether oxygens (including phenoxy) is 2. The number of fused-ring (bicyclic) bond motifs is 1. The normalized spacial score (nSPS) is 18.1. The lowest BCUT2D eigenvalue weighted by Gasteiger charge is -2.19. The van der Waals surface area contributed by atoms with Crippen LogP contribution in [0.4, 0.5) is 11.5 Å². The summed E-state index contributed by atoms with van der Waals surface area (Å²) < 4.78 is 13.6. The molecule has 11 heteroatoms. The van der Waals surface area contributed by atoms with Gasteiger partial charge in [0.05, 0.1) is 18.9 Å². The lowest BCUT2D eigenvalue weighted by Crippen LogP contribution is -2.28. The summed E-state index contributed by atoms with van der Waals surface area (Å²) in [6.07, 6.45) is 2.08. The van der Waals surface area contributed by atoms with Gasteiger partial charge < -0.3 is 31.2 Å². The van der Waals surface area contributed by atoms with Crippen LogP contribution in [0.15, 0.2) is 33.1 Å². The molecule has 0 unspecified atom stereocenters. The monoisotopic (exact) mass is 379 g/mol. The van der Waals surface area contributed by atoms with Crippen molar-refractivity contribution in [2.24, 2.45) is 10.7 Å². The van der Waals surface area contributed by atoms with Gasteiger partial charge in [-0.05, 0) is 6.42 Å². The summed E-state index contributed by atoms with van der Waals surface area (Å²) >= 11 is 0. The summed E-state index contributed by atoms with van der Waals surface area (Å²) in [7, 11) is 0. The van der Waals surface area contributed by atoms with E-state index in [9.17, 15) is 9.59 Å². The molecule has 0 amide bonds. The molecule has 0 atom stereocenters. The van der Waals surface area contributed by atoms with E-state index >= 15 is 0 Å². The Morgan fingerprint density at radius 1 is 1.07 bits per heavy atom. The molecule has 2 aliphatic rings. The molecule has 0 spiro atoms. The van der Waals surface area contributed by atoms with E-state index < -0.39 is 5.78 Å². The number of carbonyl (C=O) groups excluding carboxylic acids is 1. The van der Waals surface area contributed by atoms with Crippen LogP contribution in [0.3, 0.4) is 0 Å². The number of allylic oxidation sites excluding steroid dienone is 1. The van der Waals surface area contributed by atoms with Gasteiger partial charge in [0.2, 0.25) is 0 Å². The Kier molecular flexibility index (Phi) is 5.33. The van der Waals surface area contributed by atoms with Gasteiger partial charge in [-0.2, -0.15) is 0 Å². The highest BCUT2D eigenvalue weighted by atomic mass is 16.5. The van der Waals surface area contributed by atoms with Crippen LogP contribution >= 0.6 is 0 Å². The van der Waals surface area contributed by atoms with Crippen LogP contribution in [-0.2, 0) is 27.4 Å². The van der Waals surface area contributed by atoms with E-state index in [4.69, 9.17) is 31.2 Å². The van der Waals surface area contributed by atoms with Crippen molar-refractivity contribution in [2.45, 2.75) is 19.5 Å². The molecule has 11 nitrogen and oxygen atoms in total. The molecule has 0 saturated carbocycles. The number of carbonyl (C=O) groups is 1. The Morgan fingerprint density at radius 2 is 1.74 bits per heavy atom. The Balaban J connectivity index is 2.07. The second kappa shape index (κ2) is 7.68. The minimum absolute atomic E-state index is 0.0151. The van der Waals surface area contributed by atoms with E-state index in [-0.39, 0.29) is 66.4 Å². The third-order valence-electron chi connectivity index (χ3n) is 4.13. The van der Waals surface area contributed by atoms with Crippen LogP contribution in [0.5, 0.6) is 0 Å². The zero-order valence-electron chi connectivity index (χ0n) is 14.6. The highest BCUT2D eigenvalue weighted by Gasteiger charge is 2.30. The first-order valence-corrected chi connectivity index (χ1v) is 8.41. The Labute approximate surface area is 153 Å². The maximum atomic E-state index is 12.5. The molecule has 0 saturated heterocycles. The maximum Gasteiger partial charge on any atom is 0.294 e. The minimum Gasteiger partial charge on any atom is -0.487 e. The molecule has 1 aromatic heterocycles. The number of aliphatic hydroxyl groups is 2. The number of hydrogen-bond donors (Lipinski definition) is 4. The molecule has 2 heterocycles. The zero-order valence-corrected chi connectivity index (χ0v) is 14.6. The molecule has 146 valence electrons. The van der Waals surface area contributed by atoms with Crippen LogP contribution < -0.4 is 17.0 Å². The maximum absolute atomic E-state index is 12.5.